The van der Waals surface area contributed by atoms with Crippen LogP contribution in [0.15, 0.2) is 6.20 Å². The highest BCUT2D eigenvalue weighted by Crippen LogP contribution is 2.24. The summed E-state index contributed by atoms with van der Waals surface area (Å²) < 4.78 is 12.9. The van der Waals surface area contributed by atoms with Crippen molar-refractivity contribution >= 4 is 0 Å². The Balaban J connectivity index is 1.60. The minimum Gasteiger partial charge on any atom is -0.394 e. The smallest absolute Gasteiger partial charge is 0.111 e. The summed E-state index contributed by atoms with van der Waals surface area (Å²) >= 11 is 0. The first kappa shape index (κ1) is 22.2. The Labute approximate surface area is 159 Å². The highest BCUT2D eigenvalue weighted by Gasteiger charge is 2.42. The Morgan fingerprint density at radius 2 is 1.89 bits per heavy atom. The Kier molecular flexibility index (Phi) is 9.07. The van der Waals surface area contributed by atoms with Gasteiger partial charge in [0, 0.05) is 13.2 Å². The zero-order valence-electron chi connectivity index (χ0n) is 16.1. The van der Waals surface area contributed by atoms with Crippen molar-refractivity contribution in [3.63, 3.8) is 0 Å². The Bertz CT molecular complexity index is 539. The van der Waals surface area contributed by atoms with Crippen molar-refractivity contribution in [3.8, 4) is 0 Å². The van der Waals surface area contributed by atoms with Gasteiger partial charge in [0.05, 0.1) is 25.5 Å². The molecule has 0 radical (unpaired) electrons. The van der Waals surface area contributed by atoms with E-state index in [1.54, 1.807) is 0 Å². The summed E-state index contributed by atoms with van der Waals surface area (Å²) in [6.45, 7) is 5.74. The number of aliphatic hydroxyl groups is 4. The van der Waals surface area contributed by atoms with Crippen LogP contribution in [-0.4, -0.2) is 79.2 Å². The van der Waals surface area contributed by atoms with Crippen LogP contribution in [0, 0.1) is 5.92 Å². The summed E-state index contributed by atoms with van der Waals surface area (Å²) in [5, 5.41) is 46.9. The van der Waals surface area contributed by atoms with Crippen molar-refractivity contribution in [2.75, 3.05) is 13.2 Å². The summed E-state index contributed by atoms with van der Waals surface area (Å²) in [6, 6.07) is 0. The zero-order chi connectivity index (χ0) is 19.8. The molecule has 1 fully saturated rings. The average Bonchev–Trinajstić information content (AvgIpc) is 3.10. The minimum atomic E-state index is -1.31. The van der Waals surface area contributed by atoms with Gasteiger partial charge >= 0.3 is 0 Å². The van der Waals surface area contributed by atoms with Crippen LogP contribution in [0.25, 0.3) is 0 Å². The molecule has 9 heteroatoms. The number of aromatic nitrogens is 3. The van der Waals surface area contributed by atoms with Gasteiger partial charge in [-0.1, -0.05) is 19.1 Å². The van der Waals surface area contributed by atoms with Gasteiger partial charge in [0.25, 0.3) is 0 Å². The van der Waals surface area contributed by atoms with Gasteiger partial charge in [-0.2, -0.15) is 0 Å². The topological polar surface area (TPSA) is 130 Å². The average molecular weight is 387 g/mol. The van der Waals surface area contributed by atoms with Crippen LogP contribution in [0.1, 0.15) is 45.2 Å². The van der Waals surface area contributed by atoms with Gasteiger partial charge in [0.15, 0.2) is 0 Å². The first-order valence-electron chi connectivity index (χ1n) is 9.69. The molecule has 1 saturated heterocycles. The van der Waals surface area contributed by atoms with Crippen molar-refractivity contribution in [2.24, 2.45) is 5.92 Å². The molecule has 0 bridgehead atoms. The molecule has 1 aliphatic heterocycles. The molecule has 2 heterocycles. The lowest BCUT2D eigenvalue weighted by Gasteiger charge is -2.40. The predicted molar refractivity (Wildman–Crippen MR) is 96.8 cm³/mol. The number of aliphatic hydroxyl groups excluding tert-OH is 4. The molecule has 4 N–H and O–H groups in total. The number of unbranched alkanes of at least 4 members (excludes halogenated alkanes) is 1. The monoisotopic (exact) mass is 387 g/mol. The highest BCUT2D eigenvalue weighted by atomic mass is 16.5. The van der Waals surface area contributed by atoms with Crippen molar-refractivity contribution in [1.82, 2.24) is 15.0 Å². The Hall–Kier alpha value is -1.10. The summed E-state index contributed by atoms with van der Waals surface area (Å²) in [7, 11) is 0. The van der Waals surface area contributed by atoms with Gasteiger partial charge in [-0.3, -0.25) is 4.68 Å². The van der Waals surface area contributed by atoms with Crippen molar-refractivity contribution in [3.05, 3.63) is 11.9 Å². The summed E-state index contributed by atoms with van der Waals surface area (Å²) in [5.74, 6) is 0.623. The summed E-state index contributed by atoms with van der Waals surface area (Å²) in [4.78, 5) is 0. The number of ether oxygens (including phenoxy) is 2. The van der Waals surface area contributed by atoms with Crippen LogP contribution < -0.4 is 0 Å². The molecule has 9 nitrogen and oxygen atoms in total. The van der Waals surface area contributed by atoms with E-state index in [2.05, 4.69) is 24.2 Å². The maximum atomic E-state index is 9.99. The summed E-state index contributed by atoms with van der Waals surface area (Å²) in [6.07, 6.45) is -0.281. The molecule has 1 aliphatic rings. The van der Waals surface area contributed by atoms with Crippen LogP contribution in [0.2, 0.25) is 0 Å². The first-order chi connectivity index (χ1) is 12.9. The quantitative estimate of drug-likeness (QED) is 0.386. The lowest BCUT2D eigenvalue weighted by molar-refractivity contribution is -0.230. The third kappa shape index (κ3) is 6.78. The molecule has 0 aromatic carbocycles. The molecule has 5 atom stereocenters. The fourth-order valence-corrected chi connectivity index (χ4v) is 3.05. The van der Waals surface area contributed by atoms with Crippen molar-refractivity contribution in [2.45, 2.75) is 83.2 Å². The zero-order valence-corrected chi connectivity index (χ0v) is 16.1. The third-order valence-electron chi connectivity index (χ3n) is 4.79. The van der Waals surface area contributed by atoms with E-state index in [1.807, 2.05) is 10.9 Å². The first-order valence-corrected chi connectivity index (χ1v) is 9.69. The van der Waals surface area contributed by atoms with E-state index in [-0.39, 0.29) is 0 Å². The van der Waals surface area contributed by atoms with Crippen LogP contribution in [0.3, 0.4) is 0 Å². The second-order valence-corrected chi connectivity index (χ2v) is 7.57. The SMILES string of the molecule is CC(C)CCn1cc(COCCCCC2OC(CO)C(O)C(O)C2O)nn1. The van der Waals surface area contributed by atoms with E-state index >= 15 is 0 Å². The fraction of sp³-hybridized carbons (Fsp3) is 0.889. The van der Waals surface area contributed by atoms with Crippen LogP contribution in [-0.2, 0) is 22.6 Å². The maximum absolute atomic E-state index is 9.99. The van der Waals surface area contributed by atoms with Crippen molar-refractivity contribution < 1.29 is 29.9 Å². The van der Waals surface area contributed by atoms with Crippen LogP contribution in [0.4, 0.5) is 0 Å². The molecule has 1 aromatic rings. The van der Waals surface area contributed by atoms with Crippen LogP contribution in [0.5, 0.6) is 0 Å². The predicted octanol–water partition coefficient (Wildman–Crippen LogP) is -0.146. The number of hydrogen-bond donors (Lipinski definition) is 4. The maximum Gasteiger partial charge on any atom is 0.111 e. The summed E-state index contributed by atoms with van der Waals surface area (Å²) in [5.41, 5.74) is 0.799. The van der Waals surface area contributed by atoms with Gasteiger partial charge in [-0.05, 0) is 31.6 Å². The Morgan fingerprint density at radius 1 is 1.15 bits per heavy atom. The van der Waals surface area contributed by atoms with Gasteiger partial charge in [0.2, 0.25) is 0 Å². The molecule has 0 saturated carbocycles. The molecule has 27 heavy (non-hydrogen) atoms. The number of nitrogens with zero attached hydrogens (tertiary/aromatic N) is 3. The largest absolute Gasteiger partial charge is 0.394 e. The molecule has 5 unspecified atom stereocenters. The van der Waals surface area contributed by atoms with E-state index in [4.69, 9.17) is 9.47 Å². The Morgan fingerprint density at radius 3 is 2.59 bits per heavy atom. The highest BCUT2D eigenvalue weighted by molar-refractivity contribution is 4.92. The molecule has 2 rings (SSSR count). The lowest BCUT2D eigenvalue weighted by Crippen LogP contribution is -2.58. The number of aryl methyl sites for hydroxylation is 1. The van der Waals surface area contributed by atoms with E-state index < -0.39 is 37.1 Å². The fourth-order valence-electron chi connectivity index (χ4n) is 3.05. The lowest BCUT2D eigenvalue weighted by atomic mass is 9.92. The molecule has 0 aliphatic carbocycles. The molecule has 0 spiro atoms. The van der Waals surface area contributed by atoms with Gasteiger partial charge in [-0.25, -0.2) is 0 Å². The number of rotatable bonds is 11. The molecule has 156 valence electrons. The third-order valence-corrected chi connectivity index (χ3v) is 4.79. The second kappa shape index (κ2) is 11.0. The molecule has 1 aromatic heterocycles. The minimum absolute atomic E-state index is 0.400. The van der Waals surface area contributed by atoms with Crippen molar-refractivity contribution in [1.29, 1.82) is 0 Å². The molecule has 0 amide bonds. The standard InChI is InChI=1S/C18H33N3O6/c1-12(2)6-7-21-9-13(19-20-21)11-26-8-4-3-5-14-16(23)18(25)17(24)15(10-22)27-14/h9,12,14-18,22-25H,3-8,10-11H2,1-2H3. The van der Waals surface area contributed by atoms with Gasteiger partial charge in [-0.15, -0.1) is 5.10 Å². The number of hydrogen-bond acceptors (Lipinski definition) is 8. The van der Waals surface area contributed by atoms with Gasteiger partial charge < -0.3 is 29.9 Å². The van der Waals surface area contributed by atoms with Crippen LogP contribution >= 0.6 is 0 Å². The normalized spacial score (nSPS) is 28.8. The van der Waals surface area contributed by atoms with E-state index in [1.165, 1.54) is 0 Å². The van der Waals surface area contributed by atoms with Gasteiger partial charge in [0.1, 0.15) is 30.1 Å². The molecular formula is C18H33N3O6. The second-order valence-electron chi connectivity index (χ2n) is 7.57. The van der Waals surface area contributed by atoms with E-state index in [0.29, 0.717) is 25.6 Å². The van der Waals surface area contributed by atoms with E-state index in [0.717, 1.165) is 31.5 Å². The molecular weight excluding hydrogens is 354 g/mol. The van der Waals surface area contributed by atoms with E-state index in [9.17, 15) is 20.4 Å².